The molecule has 1 saturated heterocycles. The van der Waals surface area contributed by atoms with Crippen LogP contribution >= 0.6 is 34.7 Å². The van der Waals surface area contributed by atoms with Crippen LogP contribution in [0, 0.1) is 0 Å². The number of thiophene rings is 1. The van der Waals surface area contributed by atoms with Crippen LogP contribution in [0.4, 0.5) is 0 Å². The lowest BCUT2D eigenvalue weighted by Crippen LogP contribution is -2.45. The number of amidine groups is 1. The van der Waals surface area contributed by atoms with E-state index in [1.807, 2.05) is 17.8 Å². The Balaban J connectivity index is 1.61. The summed E-state index contributed by atoms with van der Waals surface area (Å²) in [5.41, 5.74) is 0.356. The molecule has 2 fully saturated rings. The normalized spacial score (nSPS) is 24.6. The van der Waals surface area contributed by atoms with Crippen molar-refractivity contribution in [3.63, 3.8) is 0 Å². The van der Waals surface area contributed by atoms with E-state index in [2.05, 4.69) is 16.4 Å². The topological polar surface area (TPSA) is 24.4 Å². The lowest BCUT2D eigenvalue weighted by atomic mass is 9.83. The van der Waals surface area contributed by atoms with Crippen molar-refractivity contribution in [3.8, 4) is 0 Å². The Bertz CT molecular complexity index is 450. The molecule has 1 spiro atoms. The molecule has 0 atom stereocenters. The third-order valence-electron chi connectivity index (χ3n) is 3.68. The molecule has 0 aromatic carbocycles. The number of thioether (sulfide) groups is 1. The van der Waals surface area contributed by atoms with Crippen LogP contribution in [0.2, 0.25) is 4.34 Å². The average Bonchev–Trinajstić information content (AvgIpc) is 2.96. The zero-order valence-corrected chi connectivity index (χ0v) is 12.6. The van der Waals surface area contributed by atoms with Crippen LogP contribution in [-0.4, -0.2) is 16.5 Å². The predicted octanol–water partition coefficient (Wildman–Crippen LogP) is 4.30. The van der Waals surface area contributed by atoms with Crippen molar-refractivity contribution in [3.05, 3.63) is 21.3 Å². The molecule has 1 saturated carbocycles. The van der Waals surface area contributed by atoms with Gasteiger partial charge in [-0.1, -0.05) is 42.6 Å². The van der Waals surface area contributed by atoms with Crippen molar-refractivity contribution in [1.82, 2.24) is 5.32 Å². The van der Waals surface area contributed by atoms with Gasteiger partial charge in [0.2, 0.25) is 0 Å². The molecule has 1 aromatic rings. The Morgan fingerprint density at radius 2 is 2.11 bits per heavy atom. The summed E-state index contributed by atoms with van der Waals surface area (Å²) in [6, 6.07) is 4.01. The van der Waals surface area contributed by atoms with Gasteiger partial charge >= 0.3 is 0 Å². The van der Waals surface area contributed by atoms with Gasteiger partial charge in [0.25, 0.3) is 0 Å². The van der Waals surface area contributed by atoms with Crippen LogP contribution < -0.4 is 5.32 Å². The number of nitrogens with zero attached hydrogens (tertiary/aromatic N) is 1. The minimum atomic E-state index is 0.356. The van der Waals surface area contributed by atoms with Gasteiger partial charge in [0.15, 0.2) is 5.17 Å². The maximum absolute atomic E-state index is 5.92. The van der Waals surface area contributed by atoms with E-state index in [1.165, 1.54) is 42.7 Å². The Labute approximate surface area is 121 Å². The maximum atomic E-state index is 5.92. The van der Waals surface area contributed by atoms with E-state index in [-0.39, 0.29) is 0 Å². The van der Waals surface area contributed by atoms with Gasteiger partial charge in [0.1, 0.15) is 0 Å². The average molecular weight is 301 g/mol. The fourth-order valence-electron chi connectivity index (χ4n) is 2.68. The summed E-state index contributed by atoms with van der Waals surface area (Å²) in [6.07, 6.45) is 6.74. The second-order valence-corrected chi connectivity index (χ2v) is 7.85. The monoisotopic (exact) mass is 300 g/mol. The highest BCUT2D eigenvalue weighted by Gasteiger charge is 2.37. The first-order chi connectivity index (χ1) is 8.76. The van der Waals surface area contributed by atoms with E-state index in [4.69, 9.17) is 11.6 Å². The molecular weight excluding hydrogens is 284 g/mol. The SMILES string of the molecule is Clc1ccc(CN=C2NC3(CCCCC3)CS2)s1. The first kappa shape index (κ1) is 12.8. The first-order valence-electron chi connectivity index (χ1n) is 6.45. The molecule has 0 unspecified atom stereocenters. The molecule has 0 radical (unpaired) electrons. The standard InChI is InChI=1S/C13H17ClN2S2/c14-11-5-4-10(18-11)8-15-12-16-13(9-17-12)6-2-1-3-7-13/h4-5H,1-3,6-9H2,(H,15,16). The van der Waals surface area contributed by atoms with Crippen LogP contribution in [0.3, 0.4) is 0 Å². The smallest absolute Gasteiger partial charge is 0.157 e. The molecule has 3 rings (SSSR count). The van der Waals surface area contributed by atoms with E-state index in [1.54, 1.807) is 11.3 Å². The van der Waals surface area contributed by atoms with Gasteiger partial charge in [0, 0.05) is 16.2 Å². The van der Waals surface area contributed by atoms with Gasteiger partial charge in [-0.2, -0.15) is 0 Å². The van der Waals surface area contributed by atoms with Crippen LogP contribution in [-0.2, 0) is 6.54 Å². The lowest BCUT2D eigenvalue weighted by molar-refractivity contribution is 0.303. The zero-order valence-electron chi connectivity index (χ0n) is 10.2. The van der Waals surface area contributed by atoms with Crippen molar-refractivity contribution in [1.29, 1.82) is 0 Å². The highest BCUT2D eigenvalue weighted by molar-refractivity contribution is 8.14. The molecule has 0 bridgehead atoms. The molecule has 0 amide bonds. The van der Waals surface area contributed by atoms with Gasteiger partial charge in [0.05, 0.1) is 10.9 Å². The summed E-state index contributed by atoms with van der Waals surface area (Å²) in [5.74, 6) is 1.19. The molecule has 1 aromatic heterocycles. The Morgan fingerprint density at radius 3 is 2.83 bits per heavy atom. The molecule has 98 valence electrons. The third kappa shape index (κ3) is 2.86. The van der Waals surface area contributed by atoms with E-state index < -0.39 is 0 Å². The number of nitrogens with one attached hydrogen (secondary N) is 1. The van der Waals surface area contributed by atoms with E-state index in [9.17, 15) is 0 Å². The predicted molar refractivity (Wildman–Crippen MR) is 81.9 cm³/mol. The lowest BCUT2D eigenvalue weighted by Gasteiger charge is -2.32. The van der Waals surface area contributed by atoms with Crippen molar-refractivity contribution < 1.29 is 0 Å². The molecule has 2 nitrogen and oxygen atoms in total. The van der Waals surface area contributed by atoms with E-state index in [0.717, 1.165) is 16.0 Å². The summed E-state index contributed by atoms with van der Waals surface area (Å²) < 4.78 is 0.848. The number of halogens is 1. The summed E-state index contributed by atoms with van der Waals surface area (Å²) >= 11 is 9.43. The van der Waals surface area contributed by atoms with Gasteiger partial charge in [-0.05, 0) is 25.0 Å². The summed E-state index contributed by atoms with van der Waals surface area (Å²) in [7, 11) is 0. The summed E-state index contributed by atoms with van der Waals surface area (Å²) in [6.45, 7) is 0.753. The fraction of sp³-hybridized carbons (Fsp3) is 0.615. The number of hydrogen-bond donors (Lipinski definition) is 1. The molecule has 2 aliphatic rings. The molecule has 5 heteroatoms. The van der Waals surface area contributed by atoms with Gasteiger partial charge in [-0.15, -0.1) is 11.3 Å². The van der Waals surface area contributed by atoms with E-state index >= 15 is 0 Å². The van der Waals surface area contributed by atoms with E-state index in [0.29, 0.717) is 5.54 Å². The van der Waals surface area contributed by atoms with Gasteiger partial charge < -0.3 is 5.32 Å². The van der Waals surface area contributed by atoms with Gasteiger partial charge in [-0.3, -0.25) is 4.99 Å². The van der Waals surface area contributed by atoms with Crippen LogP contribution in [0.1, 0.15) is 37.0 Å². The third-order valence-corrected chi connectivity index (χ3v) is 6.09. The molecule has 1 N–H and O–H groups in total. The molecule has 18 heavy (non-hydrogen) atoms. The van der Waals surface area contributed by atoms with Crippen LogP contribution in [0.15, 0.2) is 17.1 Å². The van der Waals surface area contributed by atoms with Crippen molar-refractivity contribution in [2.24, 2.45) is 4.99 Å². The minimum absolute atomic E-state index is 0.356. The molecule has 1 aliphatic carbocycles. The zero-order chi connectivity index (χ0) is 12.4. The first-order valence-corrected chi connectivity index (χ1v) is 8.63. The molecular formula is C13H17ClN2S2. The van der Waals surface area contributed by atoms with Crippen LogP contribution in [0.25, 0.3) is 0 Å². The largest absolute Gasteiger partial charge is 0.359 e. The summed E-state index contributed by atoms with van der Waals surface area (Å²) in [5, 5.41) is 4.79. The second-order valence-electron chi connectivity index (χ2n) is 5.08. The fourth-order valence-corrected chi connectivity index (χ4v) is 4.91. The maximum Gasteiger partial charge on any atom is 0.157 e. The molecule has 1 aliphatic heterocycles. The van der Waals surface area contributed by atoms with Gasteiger partial charge in [-0.25, -0.2) is 0 Å². The minimum Gasteiger partial charge on any atom is -0.359 e. The second kappa shape index (κ2) is 5.43. The van der Waals surface area contributed by atoms with Crippen molar-refractivity contribution >= 4 is 39.9 Å². The highest BCUT2D eigenvalue weighted by Crippen LogP contribution is 2.36. The number of hydrogen-bond acceptors (Lipinski definition) is 3. The van der Waals surface area contributed by atoms with Crippen molar-refractivity contribution in [2.75, 3.05) is 5.75 Å². The Hall–Kier alpha value is -0.190. The number of aliphatic imine (C=N–C) groups is 1. The van der Waals surface area contributed by atoms with Crippen molar-refractivity contribution in [2.45, 2.75) is 44.2 Å². The molecule has 2 heterocycles. The Kier molecular flexibility index (Phi) is 3.87. The highest BCUT2D eigenvalue weighted by atomic mass is 35.5. The number of rotatable bonds is 2. The quantitative estimate of drug-likeness (QED) is 0.881. The van der Waals surface area contributed by atoms with Crippen LogP contribution in [0.5, 0.6) is 0 Å². The Morgan fingerprint density at radius 1 is 1.28 bits per heavy atom. The summed E-state index contributed by atoms with van der Waals surface area (Å²) in [4.78, 5) is 5.91.